The van der Waals surface area contributed by atoms with E-state index in [4.69, 9.17) is 19.4 Å². The van der Waals surface area contributed by atoms with Crippen molar-refractivity contribution in [2.75, 3.05) is 14.2 Å². The number of nitrogens with zero attached hydrogens (tertiary/aromatic N) is 4. The van der Waals surface area contributed by atoms with Gasteiger partial charge >= 0.3 is 12.2 Å². The van der Waals surface area contributed by atoms with E-state index in [0.717, 1.165) is 142 Å². The van der Waals surface area contributed by atoms with Gasteiger partial charge in [0.25, 0.3) is 0 Å². The normalized spacial score (nSPS) is 23.8. The number of ether oxygens (including phenoxy) is 2. The third kappa shape index (κ3) is 9.25. The summed E-state index contributed by atoms with van der Waals surface area (Å²) < 4.78 is 9.85. The zero-order valence-corrected chi connectivity index (χ0v) is 43.3. The van der Waals surface area contributed by atoms with Crippen molar-refractivity contribution in [2.24, 2.45) is 23.7 Å². The van der Waals surface area contributed by atoms with E-state index in [1.165, 1.54) is 14.2 Å². The van der Waals surface area contributed by atoms with Gasteiger partial charge < -0.3 is 39.9 Å². The number of benzene rings is 4. The Morgan fingerprint density at radius 2 is 0.973 bits per heavy atom. The molecule has 74 heavy (non-hydrogen) atoms. The first-order valence-corrected chi connectivity index (χ1v) is 26.8. The number of likely N-dealkylation sites (tertiary alicyclic amines) is 2. The minimum atomic E-state index is -0.707. The highest BCUT2D eigenvalue weighted by Gasteiger charge is 2.50. The Hall–Kier alpha value is -7.22. The lowest BCUT2D eigenvalue weighted by Gasteiger charge is -2.36. The highest BCUT2D eigenvalue weighted by Crippen LogP contribution is 2.48. The molecule has 2 saturated heterocycles. The van der Waals surface area contributed by atoms with Crippen LogP contribution in [-0.4, -0.2) is 92.1 Å². The third-order valence-electron chi connectivity index (χ3n) is 16.8. The van der Waals surface area contributed by atoms with E-state index in [-0.39, 0.29) is 47.8 Å². The highest BCUT2D eigenvalue weighted by molar-refractivity contribution is 5.93. The predicted molar refractivity (Wildman–Crippen MR) is 289 cm³/mol. The molecule has 2 saturated carbocycles. The van der Waals surface area contributed by atoms with Crippen molar-refractivity contribution >= 4 is 70.4 Å². The summed E-state index contributed by atoms with van der Waals surface area (Å²) in [5, 5.41) is 5.66. The van der Waals surface area contributed by atoms with Gasteiger partial charge in [-0.3, -0.25) is 9.59 Å². The molecule has 0 unspecified atom stereocenters. The first-order chi connectivity index (χ1) is 35.8. The molecule has 384 valence electrons. The van der Waals surface area contributed by atoms with Crippen molar-refractivity contribution in [3.8, 4) is 22.3 Å². The molecule has 14 heteroatoms. The van der Waals surface area contributed by atoms with Gasteiger partial charge in [-0.2, -0.15) is 0 Å². The standard InChI is InChI=1S/C60H68N8O6/c1-33(2)53(65-59(71)73-5)57(69)67-49-13-9-7-11-41(49)31-51(67)55-61-45-25-23-39(29-47(45)63-55)43-27-35-15-19-37(43)21-17-36-16-20-38(22-18-35)44(28-36)40-24-26-46-48(30-40)64-56(62-46)52-32-42-12-8-10-14-50(42)68(52)58(70)54(34(3)4)66-60(72)74-6/h15-30,33-34,41-42,49-54H,7-14,31-32H2,1-6H3,(H,61,63)(H,62,64)(H,65,71)(H,66,72)/b21-17-,22-18-,35-18?,36-17?,37-21?,38-22?/t41-,42-,49-,50-,51-,52-,53-,54-/m0/s1. The highest BCUT2D eigenvalue weighted by atomic mass is 16.5. The third-order valence-corrected chi connectivity index (χ3v) is 16.8. The van der Waals surface area contributed by atoms with Gasteiger partial charge in [0.05, 0.1) is 48.4 Å². The maximum atomic E-state index is 14.5. The van der Waals surface area contributed by atoms with Crippen LogP contribution in [0.4, 0.5) is 9.59 Å². The van der Waals surface area contributed by atoms with Gasteiger partial charge in [-0.05, 0) is 143 Å². The number of aromatic amines is 2. The SMILES string of the molecule is COC(=O)N[C@H](C(=O)N1[C@H](c2nc3cc(-c4cc5ccc4/C=C\c4ccc(c(-c6ccc7[nH]c([C@@H]8C[C@@H]9CCCC[C@@H]9N8C(=O)[C@@H](NC(=O)OC)C(C)C)nc7c6)c4)/C=C\5)ccc3[nH]2)C[C@@H]2CCCC[C@@H]21)C(C)C. The molecular formula is C60H68N8O6. The lowest BCUT2D eigenvalue weighted by Crippen LogP contribution is -2.53. The molecule has 8 atom stereocenters. The van der Waals surface area contributed by atoms with Crippen LogP contribution >= 0.6 is 0 Å². The van der Waals surface area contributed by atoms with Crippen molar-refractivity contribution in [2.45, 2.75) is 128 Å². The summed E-state index contributed by atoms with van der Waals surface area (Å²) in [6, 6.07) is 24.2. The number of hydrogen-bond acceptors (Lipinski definition) is 8. The molecule has 4 heterocycles. The predicted octanol–water partition coefficient (Wildman–Crippen LogP) is 11.9. The summed E-state index contributed by atoms with van der Waals surface area (Å²) in [5.74, 6) is 1.91. The first kappa shape index (κ1) is 49.0. The number of carbonyl (C=O) groups is 4. The second-order valence-corrected chi connectivity index (χ2v) is 22.0. The second kappa shape index (κ2) is 20.2. The van der Waals surface area contributed by atoms with Gasteiger partial charge in [0, 0.05) is 12.1 Å². The summed E-state index contributed by atoms with van der Waals surface area (Å²) in [6.45, 7) is 7.82. The number of alkyl carbamates (subject to hydrolysis) is 2. The summed E-state index contributed by atoms with van der Waals surface area (Å²) in [5.41, 5.74) is 12.0. The molecule has 2 aromatic heterocycles. The number of amides is 4. The zero-order valence-electron chi connectivity index (χ0n) is 43.3. The van der Waals surface area contributed by atoms with Gasteiger partial charge in [-0.1, -0.05) is 114 Å². The molecule has 4 fully saturated rings. The molecule has 8 aliphatic rings. The first-order valence-electron chi connectivity index (χ1n) is 26.8. The fourth-order valence-corrected chi connectivity index (χ4v) is 13.0. The fraction of sp³-hybridized carbons (Fsp3) is 0.433. The van der Waals surface area contributed by atoms with Crippen LogP contribution in [0.2, 0.25) is 0 Å². The Morgan fingerprint density at radius 1 is 0.554 bits per heavy atom. The van der Waals surface area contributed by atoms with E-state index in [1.807, 2.05) is 37.5 Å². The van der Waals surface area contributed by atoms with Crippen LogP contribution in [0.25, 0.3) is 68.6 Å². The zero-order chi connectivity index (χ0) is 51.4. The molecule has 2 aliphatic heterocycles. The average molecular weight is 997 g/mol. The quantitative estimate of drug-likeness (QED) is 0.105. The number of methoxy groups -OCH3 is 2. The number of fused-ring (bicyclic) bond motifs is 4. The molecule has 4 N–H and O–H groups in total. The summed E-state index contributed by atoms with van der Waals surface area (Å²) in [7, 11) is 2.65. The lowest BCUT2D eigenvalue weighted by molar-refractivity contribution is -0.139. The maximum Gasteiger partial charge on any atom is 0.407 e. The second-order valence-electron chi connectivity index (χ2n) is 22.0. The number of imidazole rings is 2. The molecular weight excluding hydrogens is 929 g/mol. The van der Waals surface area contributed by atoms with E-state index in [2.05, 4.69) is 118 Å². The number of hydrogen-bond donors (Lipinski definition) is 4. The molecule has 14 nitrogen and oxygen atoms in total. The van der Waals surface area contributed by atoms with Crippen molar-refractivity contribution in [1.82, 2.24) is 40.4 Å². The molecule has 4 bridgehead atoms. The number of H-pyrrole nitrogens is 2. The fourth-order valence-electron chi connectivity index (χ4n) is 13.0. The van der Waals surface area contributed by atoms with Crippen LogP contribution in [0.15, 0.2) is 72.8 Å². The topological polar surface area (TPSA) is 175 Å². The summed E-state index contributed by atoms with van der Waals surface area (Å²) >= 11 is 0. The molecule has 14 rings (SSSR count). The van der Waals surface area contributed by atoms with Crippen molar-refractivity contribution in [3.05, 3.63) is 107 Å². The van der Waals surface area contributed by atoms with E-state index >= 15 is 0 Å². The Morgan fingerprint density at radius 3 is 1.38 bits per heavy atom. The smallest absolute Gasteiger partial charge is 0.407 e. The number of nitrogens with one attached hydrogen (secondary N) is 4. The molecule has 0 spiro atoms. The lowest BCUT2D eigenvalue weighted by atomic mass is 9.84. The van der Waals surface area contributed by atoms with Crippen LogP contribution < -0.4 is 10.6 Å². The van der Waals surface area contributed by atoms with Crippen LogP contribution in [0.1, 0.15) is 138 Å². The van der Waals surface area contributed by atoms with Gasteiger partial charge in [0.15, 0.2) is 0 Å². The van der Waals surface area contributed by atoms with Crippen LogP contribution in [0.3, 0.4) is 0 Å². The van der Waals surface area contributed by atoms with E-state index in [9.17, 15) is 19.2 Å². The Labute approximate surface area is 432 Å². The van der Waals surface area contributed by atoms with Crippen molar-refractivity contribution < 1.29 is 28.7 Å². The van der Waals surface area contributed by atoms with Crippen LogP contribution in [0.5, 0.6) is 0 Å². The van der Waals surface area contributed by atoms with E-state index in [0.29, 0.717) is 11.8 Å². The van der Waals surface area contributed by atoms with Crippen molar-refractivity contribution in [1.29, 1.82) is 0 Å². The van der Waals surface area contributed by atoms with Gasteiger partial charge in [0.2, 0.25) is 11.8 Å². The molecule has 4 aromatic carbocycles. The summed E-state index contributed by atoms with van der Waals surface area (Å²) in [6.07, 6.45) is 17.7. The minimum Gasteiger partial charge on any atom is -0.453 e. The van der Waals surface area contributed by atoms with E-state index in [1.54, 1.807) is 0 Å². The number of aromatic nitrogens is 4. The molecule has 0 radical (unpaired) electrons. The Balaban J connectivity index is 0.873. The minimum absolute atomic E-state index is 0.0813. The van der Waals surface area contributed by atoms with Crippen LogP contribution in [-0.2, 0) is 19.1 Å². The Kier molecular flexibility index (Phi) is 13.4. The van der Waals surface area contributed by atoms with Crippen molar-refractivity contribution in [3.63, 3.8) is 0 Å². The van der Waals surface area contributed by atoms with Gasteiger partial charge in [0.1, 0.15) is 23.7 Å². The maximum absolute atomic E-state index is 14.5. The largest absolute Gasteiger partial charge is 0.453 e. The Bertz CT molecular complexity index is 2990. The molecule has 6 aromatic rings. The average Bonchev–Trinajstić information content (AvgIpc) is 4.21. The molecule has 4 amide bonds. The molecule has 6 aliphatic carbocycles. The number of rotatable bonds is 10. The summed E-state index contributed by atoms with van der Waals surface area (Å²) in [4.78, 5) is 75.5. The number of carbonyl (C=O) groups excluding carboxylic acids is 4. The van der Waals surface area contributed by atoms with Gasteiger partial charge in [-0.25, -0.2) is 19.6 Å². The van der Waals surface area contributed by atoms with Crippen LogP contribution in [0, 0.1) is 23.7 Å². The monoisotopic (exact) mass is 997 g/mol. The van der Waals surface area contributed by atoms with Gasteiger partial charge in [-0.15, -0.1) is 0 Å². The van der Waals surface area contributed by atoms with E-state index < -0.39 is 24.3 Å².